The average molecular weight is 371 g/mol. The predicted octanol–water partition coefficient (Wildman–Crippen LogP) is 3.34. The number of rotatable bonds is 10. The van der Waals surface area contributed by atoms with Crippen LogP contribution in [0.3, 0.4) is 0 Å². The van der Waals surface area contributed by atoms with Crippen LogP contribution in [0.5, 0.6) is 0 Å². The Bertz CT molecular complexity index is 422. The third-order valence-corrected chi connectivity index (χ3v) is 19.9. The monoisotopic (exact) mass is 372 g/mol. The Labute approximate surface area is 121 Å². The van der Waals surface area contributed by atoms with E-state index in [1.54, 1.807) is 6.07 Å². The SMILES string of the molecule is CCC[CH2][Sn]([CH2]CCC)([CH2]CCC)[c]1cc(=O)c1=O. The van der Waals surface area contributed by atoms with Crippen molar-refractivity contribution in [2.24, 2.45) is 0 Å². The van der Waals surface area contributed by atoms with Crippen LogP contribution in [0.1, 0.15) is 59.3 Å². The van der Waals surface area contributed by atoms with Crippen molar-refractivity contribution >= 4 is 22.0 Å². The molecule has 0 radical (unpaired) electrons. The summed E-state index contributed by atoms with van der Waals surface area (Å²) in [6, 6.07) is 1.71. The van der Waals surface area contributed by atoms with E-state index in [2.05, 4.69) is 20.8 Å². The van der Waals surface area contributed by atoms with Crippen molar-refractivity contribution in [2.45, 2.75) is 72.6 Å². The zero-order valence-corrected chi connectivity index (χ0v) is 15.6. The first-order valence-electron chi connectivity index (χ1n) is 7.92. The summed E-state index contributed by atoms with van der Waals surface area (Å²) in [7, 11) is 0. The molecule has 0 amide bonds. The fourth-order valence-electron chi connectivity index (χ4n) is 3.04. The maximum absolute atomic E-state index is 11.9. The van der Waals surface area contributed by atoms with Gasteiger partial charge in [-0.15, -0.1) is 0 Å². The van der Waals surface area contributed by atoms with E-state index in [0.29, 0.717) is 0 Å². The molecule has 1 rings (SSSR count). The topological polar surface area (TPSA) is 34.1 Å². The van der Waals surface area contributed by atoms with Crippen molar-refractivity contribution in [1.29, 1.82) is 0 Å². The fraction of sp³-hybridized carbons (Fsp3) is 0.750. The van der Waals surface area contributed by atoms with E-state index < -0.39 is 18.4 Å². The van der Waals surface area contributed by atoms with E-state index in [9.17, 15) is 9.59 Å². The van der Waals surface area contributed by atoms with Gasteiger partial charge in [-0.2, -0.15) is 0 Å². The molecule has 2 nitrogen and oxygen atoms in total. The van der Waals surface area contributed by atoms with E-state index in [0.717, 1.165) is 3.58 Å². The van der Waals surface area contributed by atoms with Gasteiger partial charge >= 0.3 is 121 Å². The minimum atomic E-state index is -2.55. The Morgan fingerprint density at radius 2 is 1.26 bits per heavy atom. The summed E-state index contributed by atoms with van der Waals surface area (Å²) in [5.41, 5.74) is -0.348. The summed E-state index contributed by atoms with van der Waals surface area (Å²) in [6.07, 6.45) is 7.32. The molecule has 0 aromatic heterocycles. The molecule has 0 heterocycles. The van der Waals surface area contributed by atoms with Gasteiger partial charge in [0.2, 0.25) is 0 Å². The van der Waals surface area contributed by atoms with Gasteiger partial charge in [-0.3, -0.25) is 0 Å². The number of hydrogen-bond acceptors (Lipinski definition) is 2. The van der Waals surface area contributed by atoms with Crippen molar-refractivity contribution < 1.29 is 0 Å². The van der Waals surface area contributed by atoms with Gasteiger partial charge in [0.25, 0.3) is 0 Å². The van der Waals surface area contributed by atoms with Gasteiger partial charge in [0.1, 0.15) is 0 Å². The molecular weight excluding hydrogens is 343 g/mol. The van der Waals surface area contributed by atoms with Gasteiger partial charge in [-0.25, -0.2) is 0 Å². The number of hydrogen-bond donors (Lipinski definition) is 0. The molecule has 0 atom stereocenters. The first-order chi connectivity index (χ1) is 9.11. The predicted molar refractivity (Wildman–Crippen MR) is 85.9 cm³/mol. The van der Waals surface area contributed by atoms with Crippen LogP contribution < -0.4 is 14.4 Å². The fourth-order valence-corrected chi connectivity index (χ4v) is 19.3. The molecule has 0 aliphatic carbocycles. The summed E-state index contributed by atoms with van der Waals surface area (Å²) < 4.78 is 4.87. The van der Waals surface area contributed by atoms with Crippen LogP contribution in [0.2, 0.25) is 13.3 Å². The van der Waals surface area contributed by atoms with Gasteiger partial charge in [0, 0.05) is 0 Å². The molecule has 0 saturated heterocycles. The first-order valence-corrected chi connectivity index (χ1v) is 15.4. The number of unbranched alkanes of at least 4 members (excludes halogenated alkanes) is 3. The second-order valence-corrected chi connectivity index (χ2v) is 19.0. The molecule has 19 heavy (non-hydrogen) atoms. The van der Waals surface area contributed by atoms with E-state index in [-0.39, 0.29) is 10.9 Å². The average Bonchev–Trinajstić information content (AvgIpc) is 2.44. The van der Waals surface area contributed by atoms with Crippen molar-refractivity contribution in [3.8, 4) is 0 Å². The molecule has 1 aromatic rings. The summed E-state index contributed by atoms with van der Waals surface area (Å²) in [4.78, 5) is 23.2. The van der Waals surface area contributed by atoms with Crippen LogP contribution >= 0.6 is 0 Å². The Hall–Kier alpha value is -0.121. The van der Waals surface area contributed by atoms with Gasteiger partial charge < -0.3 is 0 Å². The van der Waals surface area contributed by atoms with Gasteiger partial charge in [0.15, 0.2) is 0 Å². The van der Waals surface area contributed by atoms with Crippen LogP contribution in [-0.2, 0) is 0 Å². The molecule has 0 aliphatic heterocycles. The summed E-state index contributed by atoms with van der Waals surface area (Å²) in [5.74, 6) is 0. The van der Waals surface area contributed by atoms with E-state index in [1.165, 1.54) is 51.8 Å². The van der Waals surface area contributed by atoms with E-state index in [4.69, 9.17) is 0 Å². The van der Waals surface area contributed by atoms with Crippen LogP contribution in [0.4, 0.5) is 0 Å². The van der Waals surface area contributed by atoms with Crippen LogP contribution in [0, 0.1) is 0 Å². The Morgan fingerprint density at radius 1 is 0.842 bits per heavy atom. The quantitative estimate of drug-likeness (QED) is 0.467. The van der Waals surface area contributed by atoms with Crippen molar-refractivity contribution in [3.63, 3.8) is 0 Å². The normalized spacial score (nSPS) is 12.2. The molecule has 0 bridgehead atoms. The molecule has 3 heteroatoms. The summed E-state index contributed by atoms with van der Waals surface area (Å²) in [6.45, 7) is 6.66. The second kappa shape index (κ2) is 8.23. The molecule has 0 fully saturated rings. The van der Waals surface area contributed by atoms with Crippen molar-refractivity contribution in [3.05, 3.63) is 26.5 Å². The van der Waals surface area contributed by atoms with E-state index in [1.807, 2.05) is 0 Å². The maximum atomic E-state index is 11.9. The Morgan fingerprint density at radius 3 is 1.53 bits per heavy atom. The zero-order valence-electron chi connectivity index (χ0n) is 12.8. The third-order valence-electron chi connectivity index (χ3n) is 4.34. The molecule has 1 aromatic carbocycles. The minimum absolute atomic E-state index is 0.112. The molecule has 108 valence electrons. The van der Waals surface area contributed by atoms with Crippen LogP contribution in [0.25, 0.3) is 0 Å². The first kappa shape index (κ1) is 16.9. The Balaban J connectivity index is 2.99. The summed E-state index contributed by atoms with van der Waals surface area (Å²) in [5, 5.41) is 0. The molecule has 0 spiro atoms. The molecular formula is C16H28O2Sn. The standard InChI is InChI=1S/C4HO2.3C4H9.Sn/c5-3-1-2-4(3)6;3*1-3-4-2;/h1H;3*1,3-4H2,2H3;. The van der Waals surface area contributed by atoms with Crippen LogP contribution in [0.15, 0.2) is 15.7 Å². The second-order valence-electron chi connectivity index (χ2n) is 5.84. The van der Waals surface area contributed by atoms with Crippen molar-refractivity contribution in [1.82, 2.24) is 0 Å². The molecule has 0 N–H and O–H groups in total. The van der Waals surface area contributed by atoms with Gasteiger partial charge in [-0.1, -0.05) is 0 Å². The third kappa shape index (κ3) is 4.17. The van der Waals surface area contributed by atoms with E-state index >= 15 is 0 Å². The summed E-state index contributed by atoms with van der Waals surface area (Å²) >= 11 is -2.55. The molecule has 0 unspecified atom stereocenters. The van der Waals surface area contributed by atoms with Gasteiger partial charge in [0.05, 0.1) is 0 Å². The van der Waals surface area contributed by atoms with Crippen molar-refractivity contribution in [2.75, 3.05) is 0 Å². The zero-order chi connectivity index (χ0) is 14.3. The molecule has 0 aliphatic rings. The van der Waals surface area contributed by atoms with Crippen LogP contribution in [-0.4, -0.2) is 18.4 Å². The Kier molecular flexibility index (Phi) is 7.33. The molecule has 0 saturated carbocycles. The van der Waals surface area contributed by atoms with Gasteiger partial charge in [-0.05, 0) is 0 Å².